The lowest BCUT2D eigenvalue weighted by Crippen LogP contribution is -2.38. The third kappa shape index (κ3) is 4.38. The maximum absolute atomic E-state index is 11.7. The van der Waals surface area contributed by atoms with E-state index in [1.807, 2.05) is 0 Å². The Kier molecular flexibility index (Phi) is 5.51. The van der Waals surface area contributed by atoms with Gasteiger partial charge in [0, 0.05) is 37.7 Å². The van der Waals surface area contributed by atoms with E-state index >= 15 is 0 Å². The molecule has 108 valence electrons. The van der Waals surface area contributed by atoms with Gasteiger partial charge >= 0.3 is 0 Å². The second-order valence-corrected chi connectivity index (χ2v) is 6.31. The molecule has 0 spiro atoms. The molecule has 2 fully saturated rings. The van der Waals surface area contributed by atoms with Gasteiger partial charge in [-0.05, 0) is 12.8 Å². The van der Waals surface area contributed by atoms with Gasteiger partial charge < -0.3 is 15.3 Å². The maximum Gasteiger partial charge on any atom is 0.281 e. The molecule has 0 bridgehead atoms. The summed E-state index contributed by atoms with van der Waals surface area (Å²) >= 11 is 1.32. The van der Waals surface area contributed by atoms with Crippen LogP contribution in [0.5, 0.6) is 0 Å². The Bertz CT molecular complexity index is 338. The molecule has 1 saturated carbocycles. The number of amides is 2. The molecule has 2 atom stereocenters. The molecular weight excluding hydrogens is 264 g/mol. The summed E-state index contributed by atoms with van der Waals surface area (Å²) in [7, 11) is 0. The number of nitrogens with one attached hydrogen (secondary N) is 1. The van der Waals surface area contributed by atoms with E-state index in [9.17, 15) is 14.7 Å². The Labute approximate surface area is 118 Å². The van der Waals surface area contributed by atoms with Crippen LogP contribution in [0.15, 0.2) is 0 Å². The van der Waals surface area contributed by atoms with Crippen LogP contribution in [0.3, 0.4) is 0 Å². The van der Waals surface area contributed by atoms with Gasteiger partial charge in [0.05, 0.1) is 6.10 Å². The van der Waals surface area contributed by atoms with E-state index < -0.39 is 0 Å². The molecule has 0 aromatic carbocycles. The zero-order chi connectivity index (χ0) is 13.7. The van der Waals surface area contributed by atoms with E-state index in [2.05, 4.69) is 5.32 Å². The molecule has 5 nitrogen and oxygen atoms in total. The van der Waals surface area contributed by atoms with Gasteiger partial charge in [-0.25, -0.2) is 0 Å². The second-order valence-electron chi connectivity index (χ2n) is 5.27. The van der Waals surface area contributed by atoms with Crippen molar-refractivity contribution in [3.05, 3.63) is 0 Å². The van der Waals surface area contributed by atoms with E-state index in [0.29, 0.717) is 19.5 Å². The van der Waals surface area contributed by atoms with Crippen LogP contribution in [0, 0.1) is 5.92 Å². The number of aliphatic hydroxyl groups is 1. The minimum atomic E-state index is -0.273. The molecule has 2 N–H and O–H groups in total. The van der Waals surface area contributed by atoms with Crippen molar-refractivity contribution in [2.24, 2.45) is 5.92 Å². The van der Waals surface area contributed by atoms with E-state index in [1.165, 1.54) is 11.8 Å². The van der Waals surface area contributed by atoms with Gasteiger partial charge in [-0.3, -0.25) is 9.59 Å². The first-order chi connectivity index (χ1) is 9.16. The SMILES string of the molecule is O=C(CCN1CCSC1=O)NCC1CCCCC1O. The lowest BCUT2D eigenvalue weighted by Gasteiger charge is -2.27. The van der Waals surface area contributed by atoms with Crippen LogP contribution in [-0.2, 0) is 4.79 Å². The van der Waals surface area contributed by atoms with Crippen molar-refractivity contribution in [2.45, 2.75) is 38.2 Å². The molecule has 1 aliphatic carbocycles. The molecule has 0 radical (unpaired) electrons. The number of nitrogens with zero attached hydrogens (tertiary/aromatic N) is 1. The number of hydrogen-bond donors (Lipinski definition) is 2. The predicted octanol–water partition coefficient (Wildman–Crippen LogP) is 1.21. The highest BCUT2D eigenvalue weighted by molar-refractivity contribution is 8.13. The first-order valence-electron chi connectivity index (χ1n) is 7.03. The zero-order valence-electron chi connectivity index (χ0n) is 11.1. The van der Waals surface area contributed by atoms with Crippen LogP contribution in [0.2, 0.25) is 0 Å². The van der Waals surface area contributed by atoms with Gasteiger partial charge in [-0.15, -0.1) is 0 Å². The molecule has 1 aliphatic heterocycles. The smallest absolute Gasteiger partial charge is 0.281 e. The molecule has 2 aliphatic rings. The number of carbonyl (C=O) groups is 2. The Balaban J connectivity index is 1.62. The lowest BCUT2D eigenvalue weighted by molar-refractivity contribution is -0.121. The summed E-state index contributed by atoms with van der Waals surface area (Å²) in [6.45, 7) is 1.81. The minimum Gasteiger partial charge on any atom is -0.393 e. The van der Waals surface area contributed by atoms with Crippen molar-refractivity contribution < 1.29 is 14.7 Å². The third-order valence-corrected chi connectivity index (χ3v) is 4.78. The summed E-state index contributed by atoms with van der Waals surface area (Å²) < 4.78 is 0. The van der Waals surface area contributed by atoms with Crippen molar-refractivity contribution in [1.82, 2.24) is 10.2 Å². The first kappa shape index (κ1) is 14.7. The van der Waals surface area contributed by atoms with Crippen LogP contribution in [0.1, 0.15) is 32.1 Å². The molecular formula is C13H22N2O3S. The van der Waals surface area contributed by atoms with Crippen LogP contribution in [0.4, 0.5) is 4.79 Å². The standard InChI is InChI=1S/C13H22N2O3S/c16-11-4-2-1-3-10(11)9-14-12(17)5-6-15-7-8-19-13(15)18/h10-11,16H,1-9H2,(H,14,17). The first-order valence-corrected chi connectivity index (χ1v) is 8.02. The molecule has 1 heterocycles. The van der Waals surface area contributed by atoms with E-state index in [0.717, 1.165) is 38.0 Å². The summed E-state index contributed by atoms with van der Waals surface area (Å²) in [4.78, 5) is 24.8. The molecule has 19 heavy (non-hydrogen) atoms. The van der Waals surface area contributed by atoms with Crippen molar-refractivity contribution in [2.75, 3.05) is 25.4 Å². The fourth-order valence-corrected chi connectivity index (χ4v) is 3.48. The Morgan fingerprint density at radius 2 is 2.21 bits per heavy atom. The van der Waals surface area contributed by atoms with E-state index in [1.54, 1.807) is 4.90 Å². The average molecular weight is 286 g/mol. The van der Waals surface area contributed by atoms with Gasteiger partial charge in [0.2, 0.25) is 5.91 Å². The van der Waals surface area contributed by atoms with Crippen molar-refractivity contribution in [3.63, 3.8) is 0 Å². The van der Waals surface area contributed by atoms with Crippen LogP contribution in [-0.4, -0.2) is 52.6 Å². The van der Waals surface area contributed by atoms with Gasteiger partial charge in [-0.1, -0.05) is 24.6 Å². The molecule has 2 amide bonds. The summed E-state index contributed by atoms with van der Waals surface area (Å²) in [6, 6.07) is 0. The zero-order valence-corrected chi connectivity index (χ0v) is 12.0. The van der Waals surface area contributed by atoms with E-state index in [-0.39, 0.29) is 23.2 Å². The van der Waals surface area contributed by atoms with Crippen molar-refractivity contribution >= 4 is 22.9 Å². The van der Waals surface area contributed by atoms with Crippen LogP contribution in [0.25, 0.3) is 0 Å². The van der Waals surface area contributed by atoms with Crippen LogP contribution >= 0.6 is 11.8 Å². The summed E-state index contributed by atoms with van der Waals surface area (Å²) in [5.41, 5.74) is 0. The highest BCUT2D eigenvalue weighted by Crippen LogP contribution is 2.23. The fourth-order valence-electron chi connectivity index (χ4n) is 2.62. The molecule has 0 aromatic heterocycles. The quantitative estimate of drug-likeness (QED) is 0.797. The molecule has 2 unspecified atom stereocenters. The monoisotopic (exact) mass is 286 g/mol. The largest absolute Gasteiger partial charge is 0.393 e. The van der Waals surface area contributed by atoms with Gasteiger partial charge in [0.1, 0.15) is 0 Å². The van der Waals surface area contributed by atoms with Crippen molar-refractivity contribution in [3.8, 4) is 0 Å². The Morgan fingerprint density at radius 1 is 1.42 bits per heavy atom. The number of carbonyl (C=O) groups excluding carboxylic acids is 2. The van der Waals surface area contributed by atoms with Crippen molar-refractivity contribution in [1.29, 1.82) is 0 Å². The summed E-state index contributed by atoms with van der Waals surface area (Å²) in [6.07, 6.45) is 4.14. The van der Waals surface area contributed by atoms with Gasteiger partial charge in [0.25, 0.3) is 5.24 Å². The second kappa shape index (κ2) is 7.14. The number of thioether (sulfide) groups is 1. The normalized spacial score (nSPS) is 27.6. The van der Waals surface area contributed by atoms with Crippen LogP contribution < -0.4 is 5.32 Å². The number of aliphatic hydroxyl groups excluding tert-OH is 1. The molecule has 1 saturated heterocycles. The third-order valence-electron chi connectivity index (χ3n) is 3.88. The maximum atomic E-state index is 11.7. The average Bonchev–Trinajstić information content (AvgIpc) is 2.81. The number of hydrogen-bond acceptors (Lipinski definition) is 4. The lowest BCUT2D eigenvalue weighted by atomic mass is 9.86. The van der Waals surface area contributed by atoms with Gasteiger partial charge in [-0.2, -0.15) is 0 Å². The minimum absolute atomic E-state index is 0.0255. The summed E-state index contributed by atoms with van der Waals surface area (Å²) in [5.74, 6) is 0.999. The topological polar surface area (TPSA) is 69.6 Å². The summed E-state index contributed by atoms with van der Waals surface area (Å²) in [5, 5.41) is 12.8. The molecule has 6 heteroatoms. The predicted molar refractivity (Wildman–Crippen MR) is 75.0 cm³/mol. The Morgan fingerprint density at radius 3 is 2.89 bits per heavy atom. The number of rotatable bonds is 5. The molecule has 0 aromatic rings. The Hall–Kier alpha value is -0.750. The van der Waals surface area contributed by atoms with E-state index in [4.69, 9.17) is 0 Å². The highest BCUT2D eigenvalue weighted by atomic mass is 32.2. The van der Waals surface area contributed by atoms with Gasteiger partial charge in [0.15, 0.2) is 0 Å². The highest BCUT2D eigenvalue weighted by Gasteiger charge is 2.24. The fraction of sp³-hybridized carbons (Fsp3) is 0.846. The molecule has 2 rings (SSSR count).